The zero-order valence-corrected chi connectivity index (χ0v) is 24.4. The van der Waals surface area contributed by atoms with E-state index in [2.05, 4.69) is 9.44 Å². The number of carbonyl (C=O) groups excluding carboxylic acids is 1. The van der Waals surface area contributed by atoms with Crippen molar-refractivity contribution in [1.29, 1.82) is 0 Å². The molecule has 7 heteroatoms. The van der Waals surface area contributed by atoms with Gasteiger partial charge in [0.15, 0.2) is 0 Å². The molecule has 0 aliphatic carbocycles. The fraction of sp³-hybridized carbons (Fsp3) is 0. The topological polar surface area (TPSA) is 84.5 Å². The molecule has 0 fully saturated rings. The van der Waals surface area contributed by atoms with Crippen molar-refractivity contribution in [2.24, 2.45) is 0 Å². The lowest BCUT2D eigenvalue weighted by molar-refractivity contribution is 0.207. The third-order valence-electron chi connectivity index (χ3n) is 7.07. The second-order valence-electron chi connectivity index (χ2n) is 9.97. The number of anilines is 1. The summed E-state index contributed by atoms with van der Waals surface area (Å²) in [7, 11) is -4.44. The highest BCUT2D eigenvalue weighted by Crippen LogP contribution is 2.40. The van der Waals surface area contributed by atoms with Crippen LogP contribution in [0.3, 0.4) is 0 Å². The van der Waals surface area contributed by atoms with Gasteiger partial charge in [-0.1, -0.05) is 158 Å². The van der Waals surface area contributed by atoms with Crippen molar-refractivity contribution in [3.05, 3.63) is 158 Å². The Balaban J connectivity index is 1.35. The number of benzene rings is 6. The van der Waals surface area contributed by atoms with E-state index in [0.717, 1.165) is 22.3 Å². The van der Waals surface area contributed by atoms with Gasteiger partial charge >= 0.3 is 16.3 Å². The number of hydrogen-bond acceptors (Lipinski definition) is 4. The van der Waals surface area contributed by atoms with Crippen LogP contribution in [-0.4, -0.2) is 14.5 Å². The summed E-state index contributed by atoms with van der Waals surface area (Å²) < 4.78 is 37.6. The normalized spacial score (nSPS) is 11.0. The fourth-order valence-electron chi connectivity index (χ4n) is 5.10. The molecule has 6 rings (SSSR count). The quantitative estimate of drug-likeness (QED) is 0.184. The van der Waals surface area contributed by atoms with Gasteiger partial charge < -0.3 is 4.74 Å². The summed E-state index contributed by atoms with van der Waals surface area (Å²) in [5.74, 6) is 0.243. The van der Waals surface area contributed by atoms with E-state index in [1.807, 2.05) is 158 Å². The van der Waals surface area contributed by atoms with Crippen LogP contribution in [0.2, 0.25) is 0 Å². The van der Waals surface area contributed by atoms with Gasteiger partial charge in [-0.2, -0.15) is 8.42 Å². The lowest BCUT2D eigenvalue weighted by Gasteiger charge is -2.19. The van der Waals surface area contributed by atoms with Crippen LogP contribution in [0.5, 0.6) is 5.75 Å². The molecule has 0 aromatic heterocycles. The molecule has 0 atom stereocenters. The maximum absolute atomic E-state index is 13.6. The SMILES string of the molecule is O=C(NS(=O)(=O)Nc1c(-c2ccccc2)cccc1-c1ccccc1)Oc1c(-c2ccccc2)cccc1-c1ccccc1. The highest BCUT2D eigenvalue weighted by molar-refractivity contribution is 7.91. The Morgan fingerprint density at radius 3 is 1.18 bits per heavy atom. The Labute approximate surface area is 256 Å². The number of amides is 1. The van der Waals surface area contributed by atoms with Crippen LogP contribution in [-0.2, 0) is 10.2 Å². The molecule has 0 aliphatic heterocycles. The molecule has 0 heterocycles. The Morgan fingerprint density at radius 2 is 0.795 bits per heavy atom. The standard InChI is InChI=1S/C37H28N2O4S/c40-37(43-36-33(29-19-9-3-10-20-29)25-14-26-34(36)30-21-11-4-12-22-30)39-44(41,42)38-35-31(27-15-5-1-6-16-27)23-13-24-32(35)28-17-7-2-8-18-28/h1-26,38H,(H,39,40). The van der Waals surface area contributed by atoms with Crippen LogP contribution in [0.15, 0.2) is 158 Å². The molecule has 216 valence electrons. The molecule has 6 nitrogen and oxygen atoms in total. The second-order valence-corrected chi connectivity index (χ2v) is 11.4. The van der Waals surface area contributed by atoms with E-state index in [-0.39, 0.29) is 5.75 Å². The first kappa shape index (κ1) is 28.5. The lowest BCUT2D eigenvalue weighted by Crippen LogP contribution is -2.37. The third-order valence-corrected chi connectivity index (χ3v) is 7.98. The van der Waals surface area contributed by atoms with E-state index in [9.17, 15) is 13.2 Å². The van der Waals surface area contributed by atoms with E-state index in [4.69, 9.17) is 4.74 Å². The van der Waals surface area contributed by atoms with Gasteiger partial charge in [0.05, 0.1) is 5.69 Å². The molecular weight excluding hydrogens is 568 g/mol. The second kappa shape index (κ2) is 12.7. The summed E-state index contributed by atoms with van der Waals surface area (Å²) in [5.41, 5.74) is 6.21. The maximum atomic E-state index is 13.6. The predicted molar refractivity (Wildman–Crippen MR) is 176 cm³/mol. The van der Waals surface area contributed by atoms with Crippen molar-refractivity contribution in [1.82, 2.24) is 4.72 Å². The first-order valence-electron chi connectivity index (χ1n) is 14.0. The van der Waals surface area contributed by atoms with E-state index >= 15 is 0 Å². The molecule has 0 bridgehead atoms. The number of para-hydroxylation sites is 2. The van der Waals surface area contributed by atoms with Crippen molar-refractivity contribution in [2.45, 2.75) is 0 Å². The number of hydrogen-bond donors (Lipinski definition) is 2. The Morgan fingerprint density at radius 1 is 0.455 bits per heavy atom. The van der Waals surface area contributed by atoms with Gasteiger partial charge in [0.25, 0.3) is 0 Å². The Bertz CT molecular complexity index is 1880. The molecule has 1 amide bonds. The summed E-state index contributed by atoms with van der Waals surface area (Å²) in [6.45, 7) is 0. The van der Waals surface area contributed by atoms with Crippen molar-refractivity contribution in [2.75, 3.05) is 4.72 Å². The van der Waals surface area contributed by atoms with Crippen molar-refractivity contribution in [3.8, 4) is 50.3 Å². The summed E-state index contributed by atoms with van der Waals surface area (Å²) in [6.07, 6.45) is -1.14. The van der Waals surface area contributed by atoms with Crippen LogP contribution in [0.4, 0.5) is 10.5 Å². The minimum atomic E-state index is -4.44. The summed E-state index contributed by atoms with van der Waals surface area (Å²) in [4.78, 5) is 13.3. The van der Waals surface area contributed by atoms with E-state index in [1.165, 1.54) is 0 Å². The van der Waals surface area contributed by atoms with Gasteiger partial charge in [-0.3, -0.25) is 4.72 Å². The molecular formula is C37H28N2O4S. The van der Waals surface area contributed by atoms with Crippen molar-refractivity contribution < 1.29 is 17.9 Å². The van der Waals surface area contributed by atoms with Gasteiger partial charge in [0.2, 0.25) is 0 Å². The highest BCUT2D eigenvalue weighted by Gasteiger charge is 2.23. The third kappa shape index (κ3) is 6.38. The Kier molecular flexibility index (Phi) is 8.21. The number of nitrogens with one attached hydrogen (secondary N) is 2. The van der Waals surface area contributed by atoms with E-state index < -0.39 is 16.3 Å². The molecule has 0 radical (unpaired) electrons. The van der Waals surface area contributed by atoms with E-state index in [1.54, 1.807) is 0 Å². The summed E-state index contributed by atoms with van der Waals surface area (Å²) >= 11 is 0. The van der Waals surface area contributed by atoms with Gasteiger partial charge in [0, 0.05) is 22.3 Å². The van der Waals surface area contributed by atoms with E-state index in [0.29, 0.717) is 27.9 Å². The van der Waals surface area contributed by atoms with Gasteiger partial charge in [0.1, 0.15) is 5.75 Å². The highest BCUT2D eigenvalue weighted by atomic mass is 32.2. The molecule has 0 unspecified atom stereocenters. The van der Waals surface area contributed by atoms with Gasteiger partial charge in [-0.25, -0.2) is 9.52 Å². The van der Waals surface area contributed by atoms with Gasteiger partial charge in [-0.05, 0) is 22.3 Å². The molecule has 6 aromatic carbocycles. The summed E-state index contributed by atoms with van der Waals surface area (Å²) in [5, 5.41) is 0. The minimum absolute atomic E-state index is 0.243. The maximum Gasteiger partial charge on any atom is 0.427 e. The van der Waals surface area contributed by atoms with Crippen LogP contribution in [0, 0.1) is 0 Å². The lowest BCUT2D eigenvalue weighted by atomic mass is 9.96. The van der Waals surface area contributed by atoms with Crippen LogP contribution >= 0.6 is 0 Å². The molecule has 0 aliphatic rings. The number of ether oxygens (including phenoxy) is 1. The molecule has 0 saturated carbocycles. The zero-order chi connectivity index (χ0) is 30.4. The molecule has 0 saturated heterocycles. The largest absolute Gasteiger partial charge is 0.427 e. The van der Waals surface area contributed by atoms with Crippen LogP contribution in [0.1, 0.15) is 0 Å². The smallest absolute Gasteiger partial charge is 0.408 e. The van der Waals surface area contributed by atoms with Crippen molar-refractivity contribution >= 4 is 22.0 Å². The van der Waals surface area contributed by atoms with Crippen LogP contribution < -0.4 is 14.2 Å². The molecule has 6 aromatic rings. The minimum Gasteiger partial charge on any atom is -0.408 e. The number of carbonyl (C=O) groups is 1. The van der Waals surface area contributed by atoms with Crippen LogP contribution in [0.25, 0.3) is 44.5 Å². The monoisotopic (exact) mass is 596 g/mol. The predicted octanol–water partition coefficient (Wildman–Crippen LogP) is 8.80. The summed E-state index contributed by atoms with van der Waals surface area (Å²) in [6, 6.07) is 48.9. The first-order valence-corrected chi connectivity index (χ1v) is 15.5. The fourth-order valence-corrected chi connectivity index (χ4v) is 5.90. The molecule has 0 spiro atoms. The molecule has 44 heavy (non-hydrogen) atoms. The van der Waals surface area contributed by atoms with Crippen molar-refractivity contribution in [3.63, 3.8) is 0 Å². The first-order chi connectivity index (χ1) is 21.5. The average molecular weight is 597 g/mol. The molecule has 2 N–H and O–H groups in total. The average Bonchev–Trinajstić information content (AvgIpc) is 3.06. The number of rotatable bonds is 8. The Hall–Kier alpha value is -5.66. The van der Waals surface area contributed by atoms with Gasteiger partial charge in [-0.15, -0.1) is 0 Å². The zero-order valence-electron chi connectivity index (χ0n) is 23.6.